The zero-order valence-electron chi connectivity index (χ0n) is 18.4. The van der Waals surface area contributed by atoms with Crippen molar-refractivity contribution in [1.82, 2.24) is 5.32 Å². The molecule has 0 saturated carbocycles. The summed E-state index contributed by atoms with van der Waals surface area (Å²) in [5.41, 5.74) is 9.21. The Hall–Kier alpha value is -4.73. The van der Waals surface area contributed by atoms with Crippen LogP contribution in [0, 0.1) is 10.1 Å². The Morgan fingerprint density at radius 3 is 2.06 bits per heavy atom. The maximum absolute atomic E-state index is 12.6. The van der Waals surface area contributed by atoms with Gasteiger partial charge in [-0.2, -0.15) is 0 Å². The minimum absolute atomic E-state index is 0.00408. The lowest BCUT2D eigenvalue weighted by Crippen LogP contribution is -2.45. The molecule has 0 aromatic heterocycles. The monoisotopic (exact) mass is 475 g/mol. The highest BCUT2D eigenvalue weighted by Gasteiger charge is 2.30. The number of benzene rings is 3. The van der Waals surface area contributed by atoms with Crippen LogP contribution in [0.5, 0.6) is 5.75 Å². The minimum Gasteiger partial charge on any atom is -0.449 e. The number of alkyl carbamates (subject to hydrolysis) is 1. The largest absolute Gasteiger partial charge is 0.449 e. The van der Waals surface area contributed by atoms with Gasteiger partial charge in [-0.25, -0.2) is 9.59 Å². The fourth-order valence-corrected chi connectivity index (χ4v) is 4.00. The van der Waals surface area contributed by atoms with E-state index in [4.69, 9.17) is 15.2 Å². The second-order valence-electron chi connectivity index (χ2n) is 7.87. The summed E-state index contributed by atoms with van der Waals surface area (Å²) in [6, 6.07) is 19.0. The van der Waals surface area contributed by atoms with Gasteiger partial charge in [-0.05, 0) is 34.4 Å². The smallest absolute Gasteiger partial charge is 0.407 e. The lowest BCUT2D eigenvalue weighted by molar-refractivity contribution is -0.384. The van der Waals surface area contributed by atoms with Gasteiger partial charge in [0.2, 0.25) is 5.91 Å². The van der Waals surface area contributed by atoms with E-state index in [1.54, 1.807) is 0 Å². The molecule has 0 fully saturated rings. The number of nitro benzene ring substituents is 1. The number of amides is 2. The first kappa shape index (κ1) is 23.4. The standard InChI is InChI=1S/C25H21N3O7/c26-23(29)13-22(24(30)35-16-11-9-15(10-12-16)28(32)33)27-25(31)34-14-21-19-7-3-1-5-17(19)18-6-2-4-8-20(18)21/h1-12,21-22H,13-14H2,(H2,26,29)(H,27,31). The second kappa shape index (κ2) is 10.0. The van der Waals surface area contributed by atoms with Crippen molar-refractivity contribution < 1.29 is 28.8 Å². The van der Waals surface area contributed by atoms with Crippen LogP contribution in [-0.2, 0) is 14.3 Å². The summed E-state index contributed by atoms with van der Waals surface area (Å²) in [7, 11) is 0. The van der Waals surface area contributed by atoms with Gasteiger partial charge in [0.05, 0.1) is 11.3 Å². The Labute approximate surface area is 199 Å². The number of primary amides is 1. The van der Waals surface area contributed by atoms with Gasteiger partial charge >= 0.3 is 12.1 Å². The average molecular weight is 475 g/mol. The van der Waals surface area contributed by atoms with E-state index in [2.05, 4.69) is 5.32 Å². The zero-order valence-corrected chi connectivity index (χ0v) is 18.4. The number of hydrogen-bond donors (Lipinski definition) is 2. The lowest BCUT2D eigenvalue weighted by Gasteiger charge is -2.18. The molecule has 3 aromatic rings. The third-order valence-corrected chi connectivity index (χ3v) is 5.59. The summed E-state index contributed by atoms with van der Waals surface area (Å²) in [5.74, 6) is -1.99. The van der Waals surface area contributed by atoms with Crippen molar-refractivity contribution in [2.24, 2.45) is 5.73 Å². The van der Waals surface area contributed by atoms with Crippen LogP contribution in [0.4, 0.5) is 10.5 Å². The molecule has 0 bridgehead atoms. The Bertz CT molecular complexity index is 1240. The van der Waals surface area contributed by atoms with E-state index >= 15 is 0 Å². The van der Waals surface area contributed by atoms with Gasteiger partial charge in [0, 0.05) is 18.1 Å². The van der Waals surface area contributed by atoms with E-state index in [-0.39, 0.29) is 24.0 Å². The van der Waals surface area contributed by atoms with E-state index in [1.807, 2.05) is 48.5 Å². The van der Waals surface area contributed by atoms with Crippen LogP contribution in [0.3, 0.4) is 0 Å². The highest BCUT2D eigenvalue weighted by Crippen LogP contribution is 2.44. The highest BCUT2D eigenvalue weighted by molar-refractivity contribution is 5.88. The van der Waals surface area contributed by atoms with Crippen molar-refractivity contribution in [3.8, 4) is 16.9 Å². The Balaban J connectivity index is 1.41. The van der Waals surface area contributed by atoms with Gasteiger partial charge in [0.25, 0.3) is 5.69 Å². The Kier molecular flexibility index (Phi) is 6.72. The molecule has 1 atom stereocenters. The molecule has 0 spiro atoms. The molecule has 1 unspecified atom stereocenters. The van der Waals surface area contributed by atoms with E-state index in [0.29, 0.717) is 0 Å². The summed E-state index contributed by atoms with van der Waals surface area (Å²) >= 11 is 0. The number of rotatable bonds is 8. The predicted octanol–water partition coefficient (Wildman–Crippen LogP) is 3.28. The average Bonchev–Trinajstić information content (AvgIpc) is 3.16. The molecule has 0 saturated heterocycles. The van der Waals surface area contributed by atoms with Gasteiger partial charge in [-0.15, -0.1) is 0 Å². The number of nitro groups is 1. The van der Waals surface area contributed by atoms with Gasteiger partial charge in [-0.1, -0.05) is 48.5 Å². The molecule has 2 amide bonds. The molecule has 10 heteroatoms. The summed E-state index contributed by atoms with van der Waals surface area (Å²) in [6.07, 6.45) is -1.44. The molecular formula is C25H21N3O7. The van der Waals surface area contributed by atoms with Gasteiger partial charge in [-0.3, -0.25) is 14.9 Å². The predicted molar refractivity (Wildman–Crippen MR) is 125 cm³/mol. The number of non-ortho nitro benzene ring substituents is 1. The van der Waals surface area contributed by atoms with Crippen molar-refractivity contribution >= 4 is 23.7 Å². The zero-order chi connectivity index (χ0) is 24.9. The molecular weight excluding hydrogens is 454 g/mol. The normalized spacial score (nSPS) is 12.7. The van der Waals surface area contributed by atoms with E-state index in [0.717, 1.165) is 34.4 Å². The van der Waals surface area contributed by atoms with Crippen molar-refractivity contribution in [2.75, 3.05) is 6.61 Å². The SMILES string of the molecule is NC(=O)CC(NC(=O)OCC1c2ccccc2-c2ccccc21)C(=O)Oc1ccc([N+](=O)[O-])cc1. The Morgan fingerprint density at radius 2 is 1.51 bits per heavy atom. The first-order valence-corrected chi connectivity index (χ1v) is 10.7. The highest BCUT2D eigenvalue weighted by atomic mass is 16.6. The lowest BCUT2D eigenvalue weighted by atomic mass is 9.98. The number of carbonyl (C=O) groups is 3. The number of carbonyl (C=O) groups excluding carboxylic acids is 3. The molecule has 35 heavy (non-hydrogen) atoms. The number of nitrogens with two attached hydrogens (primary N) is 1. The molecule has 1 aliphatic rings. The second-order valence-corrected chi connectivity index (χ2v) is 7.87. The Morgan fingerprint density at radius 1 is 0.943 bits per heavy atom. The molecule has 0 heterocycles. The van der Waals surface area contributed by atoms with Gasteiger partial charge in [0.15, 0.2) is 0 Å². The molecule has 3 aromatic carbocycles. The number of ether oxygens (including phenoxy) is 2. The molecule has 10 nitrogen and oxygen atoms in total. The first-order chi connectivity index (χ1) is 16.8. The van der Waals surface area contributed by atoms with Gasteiger partial charge in [0.1, 0.15) is 18.4 Å². The molecule has 0 radical (unpaired) electrons. The molecule has 4 rings (SSSR count). The van der Waals surface area contributed by atoms with Crippen LogP contribution in [0.1, 0.15) is 23.5 Å². The molecule has 1 aliphatic carbocycles. The van der Waals surface area contributed by atoms with Crippen molar-refractivity contribution in [2.45, 2.75) is 18.4 Å². The van der Waals surface area contributed by atoms with Crippen LogP contribution in [0.2, 0.25) is 0 Å². The van der Waals surface area contributed by atoms with Crippen molar-refractivity contribution in [3.05, 3.63) is 94.0 Å². The fourth-order valence-electron chi connectivity index (χ4n) is 4.00. The number of esters is 1. The summed E-state index contributed by atoms with van der Waals surface area (Å²) in [5, 5.41) is 13.1. The maximum atomic E-state index is 12.6. The number of nitrogens with one attached hydrogen (secondary N) is 1. The fraction of sp³-hybridized carbons (Fsp3) is 0.160. The molecule has 178 valence electrons. The molecule has 0 aliphatic heterocycles. The van der Waals surface area contributed by atoms with E-state index < -0.39 is 35.4 Å². The van der Waals surface area contributed by atoms with Crippen LogP contribution in [-0.4, -0.2) is 35.5 Å². The summed E-state index contributed by atoms with van der Waals surface area (Å²) in [6.45, 7) is 0.0144. The number of hydrogen-bond acceptors (Lipinski definition) is 7. The van der Waals surface area contributed by atoms with Crippen LogP contribution in [0.25, 0.3) is 11.1 Å². The molecule has 3 N–H and O–H groups in total. The van der Waals surface area contributed by atoms with E-state index in [9.17, 15) is 24.5 Å². The number of nitrogens with zero attached hydrogens (tertiary/aromatic N) is 1. The first-order valence-electron chi connectivity index (χ1n) is 10.7. The quantitative estimate of drug-likeness (QED) is 0.220. The van der Waals surface area contributed by atoms with Crippen molar-refractivity contribution in [1.29, 1.82) is 0 Å². The third-order valence-electron chi connectivity index (χ3n) is 5.59. The topological polar surface area (TPSA) is 151 Å². The minimum atomic E-state index is -1.40. The van der Waals surface area contributed by atoms with E-state index in [1.165, 1.54) is 12.1 Å². The van der Waals surface area contributed by atoms with Gasteiger partial charge < -0.3 is 20.5 Å². The third kappa shape index (κ3) is 5.27. The summed E-state index contributed by atoms with van der Waals surface area (Å²) < 4.78 is 10.6. The van der Waals surface area contributed by atoms with Crippen LogP contribution in [0.15, 0.2) is 72.8 Å². The van der Waals surface area contributed by atoms with Crippen LogP contribution >= 0.6 is 0 Å². The van der Waals surface area contributed by atoms with Crippen LogP contribution < -0.4 is 15.8 Å². The van der Waals surface area contributed by atoms with Crippen molar-refractivity contribution in [3.63, 3.8) is 0 Å². The maximum Gasteiger partial charge on any atom is 0.407 e. The number of fused-ring (bicyclic) bond motifs is 3. The summed E-state index contributed by atoms with van der Waals surface area (Å²) in [4.78, 5) is 46.7.